The molecule has 1 N–H and O–H groups in total. The Morgan fingerprint density at radius 2 is 2.12 bits per heavy atom. The summed E-state index contributed by atoms with van der Waals surface area (Å²) in [6.45, 7) is 5.68. The van der Waals surface area contributed by atoms with Crippen molar-refractivity contribution in [3.63, 3.8) is 0 Å². The summed E-state index contributed by atoms with van der Waals surface area (Å²) in [5.74, 6) is 0.850. The first-order valence-electron chi connectivity index (χ1n) is 8.66. The van der Waals surface area contributed by atoms with Crippen LogP contribution in [0, 0.1) is 0 Å². The number of para-hydroxylation sites is 1. The Morgan fingerprint density at radius 1 is 1.36 bits per heavy atom. The van der Waals surface area contributed by atoms with Gasteiger partial charge in [-0.1, -0.05) is 48.8 Å². The van der Waals surface area contributed by atoms with Crippen LogP contribution in [0.5, 0.6) is 0 Å². The number of rotatable bonds is 5. The molecule has 0 spiro atoms. The van der Waals surface area contributed by atoms with Crippen molar-refractivity contribution < 1.29 is 9.48 Å². The molecule has 25 heavy (non-hydrogen) atoms. The van der Waals surface area contributed by atoms with E-state index in [1.165, 1.54) is 0 Å². The van der Waals surface area contributed by atoms with E-state index in [1.54, 1.807) is 28.3 Å². The van der Waals surface area contributed by atoms with Crippen molar-refractivity contribution >= 4 is 23.4 Å². The molecule has 0 aliphatic carbocycles. The van der Waals surface area contributed by atoms with E-state index in [0.717, 1.165) is 29.8 Å². The summed E-state index contributed by atoms with van der Waals surface area (Å²) in [4.78, 5) is 29.7. The van der Waals surface area contributed by atoms with E-state index in [4.69, 9.17) is 0 Å². The van der Waals surface area contributed by atoms with E-state index in [0.29, 0.717) is 17.3 Å². The van der Waals surface area contributed by atoms with Crippen LogP contribution < -0.4 is 15.1 Å². The van der Waals surface area contributed by atoms with Crippen molar-refractivity contribution in [2.24, 2.45) is 0 Å². The van der Waals surface area contributed by atoms with Gasteiger partial charge in [-0.2, -0.15) is 0 Å². The average molecular weight is 359 g/mol. The summed E-state index contributed by atoms with van der Waals surface area (Å²) in [5, 5.41) is 5.26. The Balaban J connectivity index is 2.17. The number of nitrogens with one attached hydrogen (secondary N) is 1. The van der Waals surface area contributed by atoms with Crippen LogP contribution in [0.25, 0.3) is 11.3 Å². The molecule has 1 amide bonds. The molecule has 0 saturated heterocycles. The van der Waals surface area contributed by atoms with Crippen molar-refractivity contribution in [2.75, 3.05) is 10.7 Å². The van der Waals surface area contributed by atoms with Gasteiger partial charge in [0, 0.05) is 24.2 Å². The maximum Gasteiger partial charge on any atom is 0.325 e. The van der Waals surface area contributed by atoms with Crippen LogP contribution in [0.2, 0.25) is 0 Å². The first-order chi connectivity index (χ1) is 12.1. The van der Waals surface area contributed by atoms with Crippen molar-refractivity contribution in [1.82, 2.24) is 10.1 Å². The van der Waals surface area contributed by atoms with Crippen molar-refractivity contribution in [3.05, 3.63) is 34.6 Å². The second kappa shape index (κ2) is 7.39. The highest BCUT2D eigenvalue weighted by atomic mass is 32.2. The van der Waals surface area contributed by atoms with Crippen molar-refractivity contribution in [2.45, 2.75) is 51.4 Å². The zero-order chi connectivity index (χ0) is 18.0. The highest BCUT2D eigenvalue weighted by Crippen LogP contribution is 2.35. The highest BCUT2D eigenvalue weighted by Gasteiger charge is 2.42. The minimum absolute atomic E-state index is 0.0558. The Kier molecular flexibility index (Phi) is 5.22. The van der Waals surface area contributed by atoms with Gasteiger partial charge in [-0.15, -0.1) is 0 Å². The van der Waals surface area contributed by atoms with E-state index >= 15 is 0 Å². The van der Waals surface area contributed by atoms with Crippen LogP contribution in [-0.2, 0) is 4.79 Å². The first-order valence-corrected chi connectivity index (χ1v) is 9.65. The third kappa shape index (κ3) is 3.20. The SMILES string of the molecule is CCCCSc1n[n+]2c(c(=O)[nH]1)-c1ccccc1N(C(C)=O)[C@@H]2CC. The van der Waals surface area contributed by atoms with E-state index in [1.807, 2.05) is 31.2 Å². The van der Waals surface area contributed by atoms with Crippen molar-refractivity contribution in [1.29, 1.82) is 0 Å². The van der Waals surface area contributed by atoms with Gasteiger partial charge in [0.1, 0.15) is 0 Å². The molecule has 6 nitrogen and oxygen atoms in total. The minimum Gasteiger partial charge on any atom is -0.291 e. The Bertz CT molecular complexity index is 849. The number of aromatic nitrogens is 3. The number of hydrogen-bond donors (Lipinski definition) is 1. The third-order valence-electron chi connectivity index (χ3n) is 4.30. The number of nitrogens with zero attached hydrogens (tertiary/aromatic N) is 3. The lowest BCUT2D eigenvalue weighted by atomic mass is 10.0. The predicted octanol–water partition coefficient (Wildman–Crippen LogP) is 2.89. The Morgan fingerprint density at radius 3 is 2.80 bits per heavy atom. The van der Waals surface area contributed by atoms with Gasteiger partial charge >= 0.3 is 11.3 Å². The molecule has 3 rings (SSSR count). The van der Waals surface area contributed by atoms with Crippen LogP contribution >= 0.6 is 11.8 Å². The monoisotopic (exact) mass is 359 g/mol. The first kappa shape index (κ1) is 17.7. The van der Waals surface area contributed by atoms with Gasteiger partial charge in [0.2, 0.25) is 11.1 Å². The molecule has 0 fully saturated rings. The number of carbonyl (C=O) groups excluding carboxylic acids is 1. The molecule has 0 saturated carbocycles. The maximum atomic E-state index is 12.8. The fraction of sp³-hybridized carbons (Fsp3) is 0.444. The fourth-order valence-corrected chi connectivity index (χ4v) is 4.10. The van der Waals surface area contributed by atoms with Crippen LogP contribution in [0.1, 0.15) is 46.2 Å². The van der Waals surface area contributed by atoms with Crippen molar-refractivity contribution in [3.8, 4) is 11.3 Å². The fourth-order valence-electron chi connectivity index (χ4n) is 3.16. The second-order valence-electron chi connectivity index (χ2n) is 6.05. The molecule has 0 bridgehead atoms. The maximum absolute atomic E-state index is 12.8. The number of H-pyrrole nitrogens is 1. The summed E-state index contributed by atoms with van der Waals surface area (Å²) in [5.41, 5.74) is 1.85. The largest absolute Gasteiger partial charge is 0.325 e. The molecule has 1 aromatic carbocycles. The number of anilines is 1. The molecule has 0 radical (unpaired) electrons. The summed E-state index contributed by atoms with van der Waals surface area (Å²) in [6, 6.07) is 7.50. The summed E-state index contributed by atoms with van der Waals surface area (Å²) in [6.07, 6.45) is 2.53. The standard InChI is InChI=1S/C18H22N4O2S/c1-4-6-11-25-18-19-17(24)16-13-9-7-8-10-14(13)21(12(3)23)15(5-2)22(16)20-18/h7-10,15H,4-6,11H2,1-3H3/p+1/t15-/m0/s1. The summed E-state index contributed by atoms with van der Waals surface area (Å²) < 4.78 is 1.72. The van der Waals surface area contributed by atoms with E-state index in [2.05, 4.69) is 17.0 Å². The van der Waals surface area contributed by atoms with Gasteiger partial charge in [0.05, 0.1) is 11.3 Å². The number of fused-ring (bicyclic) bond motifs is 3. The van der Waals surface area contributed by atoms with Gasteiger partial charge in [0.25, 0.3) is 6.17 Å². The normalized spacial score (nSPS) is 15.6. The zero-order valence-electron chi connectivity index (χ0n) is 14.8. The van der Waals surface area contributed by atoms with Crippen LogP contribution in [0.4, 0.5) is 5.69 Å². The number of benzene rings is 1. The lowest BCUT2D eigenvalue weighted by Gasteiger charge is -2.30. The van der Waals surface area contributed by atoms with E-state index < -0.39 is 0 Å². The number of amides is 1. The smallest absolute Gasteiger partial charge is 0.291 e. The molecule has 0 unspecified atom stereocenters. The highest BCUT2D eigenvalue weighted by molar-refractivity contribution is 7.99. The molecule has 1 aliphatic rings. The van der Waals surface area contributed by atoms with E-state index in [9.17, 15) is 9.59 Å². The van der Waals surface area contributed by atoms with Gasteiger partial charge in [-0.3, -0.25) is 19.5 Å². The van der Waals surface area contributed by atoms with Crippen LogP contribution in [-0.4, -0.2) is 21.7 Å². The lowest BCUT2D eigenvalue weighted by molar-refractivity contribution is -0.771. The number of thioether (sulfide) groups is 1. The van der Waals surface area contributed by atoms with Gasteiger partial charge < -0.3 is 0 Å². The van der Waals surface area contributed by atoms with Gasteiger partial charge in [-0.05, 0) is 18.6 Å². The molecular formula is C18H23N4O2S+. The van der Waals surface area contributed by atoms with Crippen LogP contribution in [0.15, 0.2) is 34.2 Å². The summed E-state index contributed by atoms with van der Waals surface area (Å²) >= 11 is 1.54. The minimum atomic E-state index is -0.296. The van der Waals surface area contributed by atoms with Gasteiger partial charge in [0.15, 0.2) is 0 Å². The lowest BCUT2D eigenvalue weighted by Crippen LogP contribution is -2.60. The number of unbranched alkanes of at least 4 members (excludes halogenated alkanes) is 1. The van der Waals surface area contributed by atoms with Crippen LogP contribution in [0.3, 0.4) is 0 Å². The molecule has 1 aromatic heterocycles. The molecule has 7 heteroatoms. The molecule has 1 atom stereocenters. The number of aromatic amines is 1. The van der Waals surface area contributed by atoms with E-state index in [-0.39, 0.29) is 17.6 Å². The topological polar surface area (TPSA) is 69.9 Å². The summed E-state index contributed by atoms with van der Waals surface area (Å²) in [7, 11) is 0. The quantitative estimate of drug-likeness (QED) is 0.506. The van der Waals surface area contributed by atoms with Gasteiger partial charge in [-0.25, -0.2) is 0 Å². The Hall–Kier alpha value is -2.15. The molecule has 2 aromatic rings. The molecule has 2 heterocycles. The Labute approximate surface area is 151 Å². The number of hydrogen-bond acceptors (Lipinski definition) is 4. The molecule has 132 valence electrons. The third-order valence-corrected chi connectivity index (χ3v) is 5.25. The molecular weight excluding hydrogens is 336 g/mol. The average Bonchev–Trinajstić information content (AvgIpc) is 2.60. The number of carbonyl (C=O) groups is 1. The molecule has 1 aliphatic heterocycles. The predicted molar refractivity (Wildman–Crippen MR) is 98.6 cm³/mol. The second-order valence-corrected chi connectivity index (χ2v) is 7.13. The zero-order valence-corrected chi connectivity index (χ0v) is 15.6.